The Hall–Kier alpha value is -1.95. The van der Waals surface area contributed by atoms with Crippen molar-refractivity contribution >= 4 is 21.6 Å². The van der Waals surface area contributed by atoms with Gasteiger partial charge < -0.3 is 4.74 Å². The average molecular weight is 391 g/mol. The van der Waals surface area contributed by atoms with Gasteiger partial charge in [0.05, 0.1) is 4.90 Å². The fourth-order valence-corrected chi connectivity index (χ4v) is 5.98. The number of allylic oxidation sites excluding steroid dienone is 1. The fourth-order valence-electron chi connectivity index (χ4n) is 3.94. The van der Waals surface area contributed by atoms with Crippen LogP contribution in [0.3, 0.4) is 0 Å². The first kappa shape index (κ1) is 19.8. The fraction of sp³-hybridized carbons (Fsp3) is 0.524. The average Bonchev–Trinajstić information content (AvgIpc) is 2.67. The van der Waals surface area contributed by atoms with Gasteiger partial charge in [0.15, 0.2) is 20.4 Å². The molecule has 5 nitrogen and oxygen atoms in total. The molecule has 2 bridgehead atoms. The molecule has 1 aromatic rings. The van der Waals surface area contributed by atoms with Crippen molar-refractivity contribution in [3.8, 4) is 0 Å². The van der Waals surface area contributed by atoms with Crippen LogP contribution < -0.4 is 0 Å². The quantitative estimate of drug-likeness (QED) is 0.718. The van der Waals surface area contributed by atoms with Gasteiger partial charge in [0.2, 0.25) is 0 Å². The molecule has 2 aliphatic rings. The number of cyclic esters (lactones) is 1. The molecule has 1 heterocycles. The standard InChI is InChI=1S/C21H26O5S/c22-18-10-6-3-1-2-4-9-13-21(15-17(14-18)16-26-20(21)23)27(24,25)19-11-7-5-8-12-19/h5,7-8,11-12,14H,1-4,6,9-10,13,15-16H2/b17-14-. The van der Waals surface area contributed by atoms with Crippen LogP contribution in [0.4, 0.5) is 0 Å². The summed E-state index contributed by atoms with van der Waals surface area (Å²) in [6.45, 7) is -0.00334. The van der Waals surface area contributed by atoms with Crippen molar-refractivity contribution in [3.63, 3.8) is 0 Å². The lowest BCUT2D eigenvalue weighted by atomic mass is 9.90. The zero-order valence-electron chi connectivity index (χ0n) is 15.5. The summed E-state index contributed by atoms with van der Waals surface area (Å²) < 4.78 is 30.6. The summed E-state index contributed by atoms with van der Waals surface area (Å²) >= 11 is 0. The SMILES string of the molecule is O=C1/C=C2\COC(=O)C(S(=O)(=O)c3ccccc3)(CCCCCCCC1)C2. The molecule has 1 aromatic carbocycles. The van der Waals surface area contributed by atoms with Crippen molar-refractivity contribution in [1.29, 1.82) is 0 Å². The Kier molecular flexibility index (Phi) is 6.15. The number of ketones is 1. The van der Waals surface area contributed by atoms with Gasteiger partial charge in [0.25, 0.3) is 0 Å². The van der Waals surface area contributed by atoms with Crippen molar-refractivity contribution < 1.29 is 22.7 Å². The van der Waals surface area contributed by atoms with E-state index < -0.39 is 20.6 Å². The number of benzene rings is 1. The number of sulfone groups is 1. The Labute approximate surface area is 160 Å². The van der Waals surface area contributed by atoms with Crippen LogP contribution in [-0.2, 0) is 24.2 Å². The monoisotopic (exact) mass is 390 g/mol. The molecule has 1 saturated heterocycles. The summed E-state index contributed by atoms with van der Waals surface area (Å²) in [4.78, 5) is 25.1. The van der Waals surface area contributed by atoms with Gasteiger partial charge in [-0.2, -0.15) is 0 Å². The molecule has 1 fully saturated rings. The lowest BCUT2D eigenvalue weighted by molar-refractivity contribution is -0.148. The molecule has 0 radical (unpaired) electrons. The summed E-state index contributed by atoms with van der Waals surface area (Å²) in [6.07, 6.45) is 7.55. The molecule has 1 aliphatic heterocycles. The van der Waals surface area contributed by atoms with E-state index in [1.807, 2.05) is 0 Å². The molecule has 0 amide bonds. The molecule has 1 aliphatic carbocycles. The minimum atomic E-state index is -3.95. The van der Waals surface area contributed by atoms with Gasteiger partial charge in [-0.1, -0.05) is 50.3 Å². The van der Waals surface area contributed by atoms with Crippen molar-refractivity contribution in [3.05, 3.63) is 42.0 Å². The second-order valence-electron chi connectivity index (χ2n) is 7.45. The third-order valence-electron chi connectivity index (χ3n) is 5.46. The Balaban J connectivity index is 2.04. The van der Waals surface area contributed by atoms with Gasteiger partial charge in [0.1, 0.15) is 6.61 Å². The highest BCUT2D eigenvalue weighted by molar-refractivity contribution is 7.93. The van der Waals surface area contributed by atoms with Crippen LogP contribution >= 0.6 is 0 Å². The number of esters is 1. The molecule has 1 atom stereocenters. The third kappa shape index (κ3) is 4.15. The van der Waals surface area contributed by atoms with Crippen molar-refractivity contribution in [1.82, 2.24) is 0 Å². The van der Waals surface area contributed by atoms with Gasteiger partial charge >= 0.3 is 5.97 Å². The Bertz CT molecular complexity index is 825. The number of hydrogen-bond donors (Lipinski definition) is 0. The third-order valence-corrected chi connectivity index (χ3v) is 7.90. The van der Waals surface area contributed by atoms with Crippen molar-refractivity contribution in [2.24, 2.45) is 0 Å². The maximum absolute atomic E-state index is 13.5. The molecule has 1 unspecified atom stereocenters. The minimum absolute atomic E-state index is 0.00334. The van der Waals surface area contributed by atoms with Gasteiger partial charge in [-0.25, -0.2) is 8.42 Å². The molecule has 27 heavy (non-hydrogen) atoms. The maximum atomic E-state index is 13.5. The van der Waals surface area contributed by atoms with Crippen LogP contribution in [0.2, 0.25) is 0 Å². The van der Waals surface area contributed by atoms with Crippen LogP contribution in [-0.4, -0.2) is 31.5 Å². The topological polar surface area (TPSA) is 77.5 Å². The molecule has 0 aromatic heterocycles. The number of carbonyl (C=O) groups excluding carboxylic acids is 2. The lowest BCUT2D eigenvalue weighted by Crippen LogP contribution is -2.51. The summed E-state index contributed by atoms with van der Waals surface area (Å²) in [5.41, 5.74) is 0.596. The summed E-state index contributed by atoms with van der Waals surface area (Å²) in [5, 5.41) is 0. The number of hydrogen-bond acceptors (Lipinski definition) is 5. The highest BCUT2D eigenvalue weighted by Crippen LogP contribution is 2.40. The molecular formula is C21H26O5S. The molecular weight excluding hydrogens is 364 g/mol. The predicted octanol–water partition coefficient (Wildman–Crippen LogP) is 3.78. The number of rotatable bonds is 2. The van der Waals surface area contributed by atoms with E-state index in [4.69, 9.17) is 4.74 Å². The normalized spacial score (nSPS) is 27.3. The van der Waals surface area contributed by atoms with E-state index in [-0.39, 0.29) is 30.1 Å². The molecule has 146 valence electrons. The van der Waals surface area contributed by atoms with E-state index in [1.165, 1.54) is 18.2 Å². The van der Waals surface area contributed by atoms with Gasteiger partial charge in [-0.05, 0) is 36.6 Å². The number of ether oxygens (including phenoxy) is 1. The lowest BCUT2D eigenvalue weighted by Gasteiger charge is -2.35. The van der Waals surface area contributed by atoms with Crippen LogP contribution in [0.5, 0.6) is 0 Å². The zero-order valence-corrected chi connectivity index (χ0v) is 16.3. The Morgan fingerprint density at radius 1 is 0.889 bits per heavy atom. The van der Waals surface area contributed by atoms with Crippen molar-refractivity contribution in [2.45, 2.75) is 67.4 Å². The van der Waals surface area contributed by atoms with Gasteiger partial charge in [-0.3, -0.25) is 9.59 Å². The van der Waals surface area contributed by atoms with Crippen LogP contribution in [0.25, 0.3) is 0 Å². The van der Waals surface area contributed by atoms with E-state index in [1.54, 1.807) is 18.2 Å². The van der Waals surface area contributed by atoms with Crippen LogP contribution in [0, 0.1) is 0 Å². The van der Waals surface area contributed by atoms with Gasteiger partial charge in [-0.15, -0.1) is 0 Å². The summed E-state index contributed by atoms with van der Waals surface area (Å²) in [6, 6.07) is 8.07. The van der Waals surface area contributed by atoms with Crippen LogP contribution in [0.1, 0.15) is 57.8 Å². The highest BCUT2D eigenvalue weighted by atomic mass is 32.2. The highest BCUT2D eigenvalue weighted by Gasteiger charge is 2.54. The number of fused-ring (bicyclic) bond motifs is 2. The van der Waals surface area contributed by atoms with E-state index in [0.717, 1.165) is 32.1 Å². The predicted molar refractivity (Wildman–Crippen MR) is 102 cm³/mol. The maximum Gasteiger partial charge on any atom is 0.328 e. The molecule has 0 spiro atoms. The summed E-state index contributed by atoms with van der Waals surface area (Å²) in [7, 11) is -3.95. The first-order valence-electron chi connectivity index (χ1n) is 9.65. The second-order valence-corrected chi connectivity index (χ2v) is 9.71. The molecule has 0 N–H and O–H groups in total. The largest absolute Gasteiger partial charge is 0.460 e. The first-order chi connectivity index (χ1) is 13.0. The van der Waals surface area contributed by atoms with E-state index in [9.17, 15) is 18.0 Å². The van der Waals surface area contributed by atoms with Crippen molar-refractivity contribution in [2.75, 3.05) is 6.61 Å². The second kappa shape index (κ2) is 8.38. The van der Waals surface area contributed by atoms with E-state index in [0.29, 0.717) is 18.4 Å². The minimum Gasteiger partial charge on any atom is -0.460 e. The Morgan fingerprint density at radius 3 is 2.30 bits per heavy atom. The summed E-state index contributed by atoms with van der Waals surface area (Å²) in [5.74, 6) is -0.709. The molecule has 0 saturated carbocycles. The van der Waals surface area contributed by atoms with Gasteiger partial charge in [0, 0.05) is 12.8 Å². The van der Waals surface area contributed by atoms with Crippen LogP contribution in [0.15, 0.2) is 46.9 Å². The Morgan fingerprint density at radius 2 is 1.56 bits per heavy atom. The smallest absolute Gasteiger partial charge is 0.328 e. The molecule has 3 rings (SSSR count). The first-order valence-corrected chi connectivity index (χ1v) is 11.1. The molecule has 6 heteroatoms. The number of carbonyl (C=O) groups is 2. The van der Waals surface area contributed by atoms with E-state index >= 15 is 0 Å². The van der Waals surface area contributed by atoms with E-state index in [2.05, 4.69) is 0 Å². The zero-order chi connectivity index (χ0) is 19.3.